The number of unbranched alkanes of at least 4 members (excludes halogenated alkanes) is 7. The molecule has 0 radical (unpaired) electrons. The number of rotatable bonds is 16. The van der Waals surface area contributed by atoms with Crippen LogP contribution in [0.1, 0.15) is 97.8 Å². The minimum absolute atomic E-state index is 0.237. The summed E-state index contributed by atoms with van der Waals surface area (Å²) in [5, 5.41) is 0. The monoisotopic (exact) mass is 406 g/mol. The Morgan fingerprint density at radius 1 is 0.690 bits per heavy atom. The summed E-state index contributed by atoms with van der Waals surface area (Å²) < 4.78 is 16.6. The average Bonchev–Trinajstić information content (AvgIpc) is 2.69. The van der Waals surface area contributed by atoms with Gasteiger partial charge in [-0.1, -0.05) is 65.7 Å². The number of carbonyl (C=O) groups is 2. The highest BCUT2D eigenvalue weighted by Crippen LogP contribution is 2.32. The fraction of sp³-hybridized carbons (Fsp3) is 0.667. The molecule has 1 aromatic rings. The van der Waals surface area contributed by atoms with E-state index in [9.17, 15) is 9.59 Å². The van der Waals surface area contributed by atoms with E-state index in [1.54, 1.807) is 18.2 Å². The van der Waals surface area contributed by atoms with E-state index in [0.29, 0.717) is 38.0 Å². The number of hydrogen-bond acceptors (Lipinski definition) is 5. The molecule has 0 aliphatic rings. The summed E-state index contributed by atoms with van der Waals surface area (Å²) in [5.41, 5.74) is 0. The lowest BCUT2D eigenvalue weighted by Gasteiger charge is -2.13. The third-order valence-electron chi connectivity index (χ3n) is 4.54. The molecular weight excluding hydrogens is 368 g/mol. The zero-order chi connectivity index (χ0) is 21.3. The van der Waals surface area contributed by atoms with Crippen LogP contribution in [0.25, 0.3) is 0 Å². The van der Waals surface area contributed by atoms with Gasteiger partial charge in [0.15, 0.2) is 11.5 Å². The van der Waals surface area contributed by atoms with Gasteiger partial charge in [-0.25, -0.2) is 0 Å². The Labute approximate surface area is 176 Å². The lowest BCUT2D eigenvalue weighted by molar-refractivity contribution is -0.137. The molecule has 164 valence electrons. The molecule has 0 heterocycles. The second kappa shape index (κ2) is 15.8. The summed E-state index contributed by atoms with van der Waals surface area (Å²) in [5.74, 6) is 0.421. The van der Waals surface area contributed by atoms with Crippen LogP contribution in [0.3, 0.4) is 0 Å². The maximum Gasteiger partial charge on any atom is 0.311 e. The predicted molar refractivity (Wildman–Crippen MR) is 116 cm³/mol. The van der Waals surface area contributed by atoms with Gasteiger partial charge in [0, 0.05) is 18.9 Å². The Kier molecular flexibility index (Phi) is 13.6. The van der Waals surface area contributed by atoms with Gasteiger partial charge in [0.1, 0.15) is 5.75 Å². The van der Waals surface area contributed by atoms with Crippen LogP contribution >= 0.6 is 0 Å². The maximum atomic E-state index is 11.9. The maximum absolute atomic E-state index is 11.9. The number of esters is 2. The van der Waals surface area contributed by atoms with Crippen molar-refractivity contribution in [3.63, 3.8) is 0 Å². The molecule has 0 spiro atoms. The molecule has 0 fully saturated rings. The zero-order valence-corrected chi connectivity index (χ0v) is 18.5. The molecule has 1 rings (SSSR count). The van der Waals surface area contributed by atoms with Crippen molar-refractivity contribution in [1.29, 1.82) is 0 Å². The van der Waals surface area contributed by atoms with Crippen LogP contribution in [0.2, 0.25) is 0 Å². The summed E-state index contributed by atoms with van der Waals surface area (Å²) in [6.45, 7) is 6.67. The van der Waals surface area contributed by atoms with Gasteiger partial charge in [-0.05, 0) is 31.4 Å². The van der Waals surface area contributed by atoms with Crippen LogP contribution in [0.5, 0.6) is 17.2 Å². The number of ether oxygens (including phenoxy) is 3. The van der Waals surface area contributed by atoms with Gasteiger partial charge < -0.3 is 14.2 Å². The Hall–Kier alpha value is -2.04. The summed E-state index contributed by atoms with van der Waals surface area (Å²) in [7, 11) is 0. The van der Waals surface area contributed by atoms with Gasteiger partial charge >= 0.3 is 11.9 Å². The lowest BCUT2D eigenvalue weighted by atomic mass is 10.1. The standard InChI is InChI=1S/C24H38O5/c1-4-7-8-9-10-11-12-13-18-27-20-16-17-21(28-23(25)14-5-2)22(19-20)29-24(26)15-6-3/h16-17,19H,4-15,18H2,1-3H3. The van der Waals surface area contributed by atoms with Crippen LogP contribution in [0.4, 0.5) is 0 Å². The second-order valence-corrected chi connectivity index (χ2v) is 7.38. The fourth-order valence-electron chi connectivity index (χ4n) is 2.92. The van der Waals surface area contributed by atoms with E-state index in [-0.39, 0.29) is 23.4 Å². The van der Waals surface area contributed by atoms with Crippen LogP contribution in [-0.2, 0) is 9.59 Å². The van der Waals surface area contributed by atoms with Crippen molar-refractivity contribution in [3.05, 3.63) is 18.2 Å². The third-order valence-corrected chi connectivity index (χ3v) is 4.54. The van der Waals surface area contributed by atoms with E-state index in [2.05, 4.69) is 6.92 Å². The molecule has 1 aromatic carbocycles. The first-order chi connectivity index (χ1) is 14.1. The van der Waals surface area contributed by atoms with E-state index < -0.39 is 0 Å². The molecule has 0 atom stereocenters. The molecule has 0 unspecified atom stereocenters. The van der Waals surface area contributed by atoms with Crippen molar-refractivity contribution in [3.8, 4) is 17.2 Å². The Bertz CT molecular complexity index is 597. The summed E-state index contributed by atoms with van der Waals surface area (Å²) in [6.07, 6.45) is 11.9. The van der Waals surface area contributed by atoms with E-state index in [1.165, 1.54) is 38.5 Å². The van der Waals surface area contributed by atoms with Crippen LogP contribution in [0, 0.1) is 0 Å². The minimum Gasteiger partial charge on any atom is -0.493 e. The molecule has 0 amide bonds. The van der Waals surface area contributed by atoms with Crippen LogP contribution < -0.4 is 14.2 Å². The molecule has 0 aliphatic heterocycles. The van der Waals surface area contributed by atoms with Crippen LogP contribution in [-0.4, -0.2) is 18.5 Å². The number of hydrogen-bond donors (Lipinski definition) is 0. The van der Waals surface area contributed by atoms with E-state index in [0.717, 1.165) is 12.8 Å². The third kappa shape index (κ3) is 11.5. The van der Waals surface area contributed by atoms with Crippen molar-refractivity contribution in [2.45, 2.75) is 97.8 Å². The quantitative estimate of drug-likeness (QED) is 0.175. The van der Waals surface area contributed by atoms with Gasteiger partial charge in [-0.3, -0.25) is 9.59 Å². The topological polar surface area (TPSA) is 61.8 Å². The molecule has 0 saturated heterocycles. The molecular formula is C24H38O5. The highest BCUT2D eigenvalue weighted by Gasteiger charge is 2.14. The first-order valence-corrected chi connectivity index (χ1v) is 11.3. The smallest absolute Gasteiger partial charge is 0.311 e. The zero-order valence-electron chi connectivity index (χ0n) is 18.5. The highest BCUT2D eigenvalue weighted by atomic mass is 16.6. The van der Waals surface area contributed by atoms with Gasteiger partial charge in [-0.15, -0.1) is 0 Å². The predicted octanol–water partition coefficient (Wildman–Crippen LogP) is 6.62. The Morgan fingerprint density at radius 3 is 1.83 bits per heavy atom. The molecule has 0 bridgehead atoms. The van der Waals surface area contributed by atoms with Crippen LogP contribution in [0.15, 0.2) is 18.2 Å². The number of carbonyl (C=O) groups excluding carboxylic acids is 2. The van der Waals surface area contributed by atoms with Gasteiger partial charge in [-0.2, -0.15) is 0 Å². The molecule has 0 saturated carbocycles. The molecule has 5 heteroatoms. The normalized spacial score (nSPS) is 10.6. The largest absolute Gasteiger partial charge is 0.493 e. The summed E-state index contributed by atoms with van der Waals surface area (Å²) in [6, 6.07) is 5.01. The summed E-state index contributed by atoms with van der Waals surface area (Å²) in [4.78, 5) is 23.7. The van der Waals surface area contributed by atoms with E-state index in [4.69, 9.17) is 14.2 Å². The SMILES string of the molecule is CCCCCCCCCCOc1ccc(OC(=O)CCC)c(OC(=O)CCC)c1. The Balaban J connectivity index is 2.53. The van der Waals surface area contributed by atoms with Crippen molar-refractivity contribution >= 4 is 11.9 Å². The first kappa shape index (κ1) is 25.0. The molecule has 0 aromatic heterocycles. The molecule has 29 heavy (non-hydrogen) atoms. The second-order valence-electron chi connectivity index (χ2n) is 7.38. The fourth-order valence-corrected chi connectivity index (χ4v) is 2.92. The Morgan fingerprint density at radius 2 is 1.24 bits per heavy atom. The van der Waals surface area contributed by atoms with E-state index >= 15 is 0 Å². The molecule has 0 N–H and O–H groups in total. The van der Waals surface area contributed by atoms with Crippen molar-refractivity contribution in [1.82, 2.24) is 0 Å². The summed E-state index contributed by atoms with van der Waals surface area (Å²) >= 11 is 0. The average molecular weight is 407 g/mol. The van der Waals surface area contributed by atoms with Crippen molar-refractivity contribution in [2.24, 2.45) is 0 Å². The number of benzene rings is 1. The molecule has 5 nitrogen and oxygen atoms in total. The first-order valence-electron chi connectivity index (χ1n) is 11.3. The van der Waals surface area contributed by atoms with Crippen molar-refractivity contribution < 1.29 is 23.8 Å². The van der Waals surface area contributed by atoms with Gasteiger partial charge in [0.05, 0.1) is 6.61 Å². The van der Waals surface area contributed by atoms with Crippen molar-refractivity contribution in [2.75, 3.05) is 6.61 Å². The van der Waals surface area contributed by atoms with E-state index in [1.807, 2.05) is 13.8 Å². The molecule has 0 aliphatic carbocycles. The van der Waals surface area contributed by atoms with Gasteiger partial charge in [0.2, 0.25) is 0 Å². The highest BCUT2D eigenvalue weighted by molar-refractivity contribution is 5.76. The lowest BCUT2D eigenvalue weighted by Crippen LogP contribution is -2.11. The van der Waals surface area contributed by atoms with Gasteiger partial charge in [0.25, 0.3) is 0 Å². The minimum atomic E-state index is -0.347.